The van der Waals surface area contributed by atoms with E-state index in [4.69, 9.17) is 10.5 Å². The van der Waals surface area contributed by atoms with Gasteiger partial charge in [-0.15, -0.1) is 0 Å². The summed E-state index contributed by atoms with van der Waals surface area (Å²) in [7, 11) is 0. The number of rotatable bonds is 10. The lowest BCUT2D eigenvalue weighted by atomic mass is 10.0. The van der Waals surface area contributed by atoms with E-state index in [0.29, 0.717) is 24.2 Å². The van der Waals surface area contributed by atoms with E-state index in [1.54, 1.807) is 12.2 Å². The number of amides is 1. The molecule has 0 spiro atoms. The largest absolute Gasteiger partial charge is 0.379 e. The summed E-state index contributed by atoms with van der Waals surface area (Å²) in [5.74, 6) is -0.557. The molecule has 5 N–H and O–H groups in total. The molecule has 1 amide bonds. The molecular weight excluding hydrogens is 433 g/mol. The first-order valence-electron chi connectivity index (χ1n) is 12.1. The highest BCUT2D eigenvalue weighted by molar-refractivity contribution is 5.96. The van der Waals surface area contributed by atoms with Gasteiger partial charge in [-0.1, -0.05) is 24.3 Å². The Morgan fingerprint density at radius 2 is 2.03 bits per heavy atom. The molecule has 2 heterocycles. The van der Waals surface area contributed by atoms with E-state index >= 15 is 0 Å². The number of alkyl halides is 1. The first-order chi connectivity index (χ1) is 16.5. The fraction of sp³-hybridized carbons (Fsp3) is 0.500. The number of hydrogen-bond donors (Lipinski definition) is 4. The van der Waals surface area contributed by atoms with Crippen molar-refractivity contribution in [2.24, 2.45) is 5.73 Å². The number of piperidine rings is 1. The van der Waals surface area contributed by atoms with Gasteiger partial charge in [-0.05, 0) is 57.0 Å². The number of primary amides is 1. The standard InChI is InChI=1S/C26H38FN5O2/c1-3-4-22(26(28)33)25(31-24-9-11-29-18-23(24)27)17-19(2)30-21-7-5-20(6-8-21)10-12-32-13-15-34-16-14-32/h3-8,17,23-24,29-31H,9-16,18H2,1-2H3,(H2,28,33)/b4-3+,19-17+,25-22-. The molecule has 0 bridgehead atoms. The Morgan fingerprint density at radius 3 is 2.68 bits per heavy atom. The summed E-state index contributed by atoms with van der Waals surface area (Å²) in [5, 5.41) is 9.64. The topological polar surface area (TPSA) is 91.7 Å². The molecule has 1 aromatic carbocycles. The average molecular weight is 472 g/mol. The van der Waals surface area contributed by atoms with Crippen LogP contribution in [0.2, 0.25) is 0 Å². The lowest BCUT2D eigenvalue weighted by Crippen LogP contribution is -2.49. The molecule has 1 aromatic rings. The third-order valence-electron chi connectivity index (χ3n) is 6.11. The zero-order chi connectivity index (χ0) is 24.3. The van der Waals surface area contributed by atoms with Gasteiger partial charge in [-0.25, -0.2) is 4.39 Å². The number of halogens is 1. The van der Waals surface area contributed by atoms with Gasteiger partial charge in [0.05, 0.1) is 24.8 Å². The SMILES string of the molecule is C/C=C/C(C(N)=O)=C(\C=C(/C)Nc1ccc(CCN2CCOCC2)cc1)NC1CCNCC1F. The van der Waals surface area contributed by atoms with Crippen LogP contribution < -0.4 is 21.7 Å². The Morgan fingerprint density at radius 1 is 1.29 bits per heavy atom. The summed E-state index contributed by atoms with van der Waals surface area (Å²) in [6.45, 7) is 9.39. The van der Waals surface area contributed by atoms with E-state index in [2.05, 4.69) is 33.0 Å². The number of allylic oxidation sites excluding steroid dienone is 3. The Kier molecular flexibility index (Phi) is 10.1. The van der Waals surface area contributed by atoms with Crippen molar-refractivity contribution < 1.29 is 13.9 Å². The van der Waals surface area contributed by atoms with Crippen molar-refractivity contribution in [1.29, 1.82) is 0 Å². The van der Waals surface area contributed by atoms with Crippen LogP contribution in [0.4, 0.5) is 10.1 Å². The molecule has 2 unspecified atom stereocenters. The zero-order valence-corrected chi connectivity index (χ0v) is 20.3. The number of hydrogen-bond acceptors (Lipinski definition) is 6. The molecule has 186 valence electrons. The van der Waals surface area contributed by atoms with E-state index in [0.717, 1.165) is 57.2 Å². The zero-order valence-electron chi connectivity index (χ0n) is 20.3. The third kappa shape index (κ3) is 7.97. The lowest BCUT2D eigenvalue weighted by molar-refractivity contribution is -0.114. The van der Waals surface area contributed by atoms with Crippen molar-refractivity contribution in [3.63, 3.8) is 0 Å². The highest BCUT2D eigenvalue weighted by Gasteiger charge is 2.25. The van der Waals surface area contributed by atoms with Gasteiger partial charge >= 0.3 is 0 Å². The van der Waals surface area contributed by atoms with Crippen LogP contribution in [0.25, 0.3) is 0 Å². The highest BCUT2D eigenvalue weighted by Crippen LogP contribution is 2.17. The van der Waals surface area contributed by atoms with Crippen molar-refractivity contribution >= 4 is 11.6 Å². The third-order valence-corrected chi connectivity index (χ3v) is 6.11. The number of ether oxygens (including phenoxy) is 1. The van der Waals surface area contributed by atoms with Crippen LogP contribution in [0, 0.1) is 0 Å². The van der Waals surface area contributed by atoms with Gasteiger partial charge in [0, 0.05) is 43.3 Å². The minimum Gasteiger partial charge on any atom is -0.379 e. The summed E-state index contributed by atoms with van der Waals surface area (Å²) >= 11 is 0. The first kappa shape index (κ1) is 25.9. The lowest BCUT2D eigenvalue weighted by Gasteiger charge is -2.29. The van der Waals surface area contributed by atoms with Gasteiger partial charge in [0.25, 0.3) is 5.91 Å². The van der Waals surface area contributed by atoms with E-state index < -0.39 is 12.1 Å². The number of nitrogens with two attached hydrogens (primary N) is 1. The Labute approximate surface area is 202 Å². The fourth-order valence-corrected chi connectivity index (χ4v) is 4.20. The normalized spacial score (nSPS) is 23.0. The highest BCUT2D eigenvalue weighted by atomic mass is 19.1. The smallest absolute Gasteiger partial charge is 0.250 e. The molecule has 2 aliphatic heterocycles. The van der Waals surface area contributed by atoms with Crippen molar-refractivity contribution in [1.82, 2.24) is 15.5 Å². The molecule has 2 fully saturated rings. The van der Waals surface area contributed by atoms with Gasteiger partial charge in [-0.3, -0.25) is 9.69 Å². The summed E-state index contributed by atoms with van der Waals surface area (Å²) in [4.78, 5) is 14.5. The van der Waals surface area contributed by atoms with Gasteiger partial charge in [0.15, 0.2) is 0 Å². The number of nitrogens with zero attached hydrogens (tertiary/aromatic N) is 1. The molecule has 2 atom stereocenters. The van der Waals surface area contributed by atoms with Crippen molar-refractivity contribution in [3.05, 3.63) is 65.0 Å². The number of carbonyl (C=O) groups excluding carboxylic acids is 1. The second kappa shape index (κ2) is 13.3. The van der Waals surface area contributed by atoms with Crippen molar-refractivity contribution in [3.8, 4) is 0 Å². The average Bonchev–Trinajstić information content (AvgIpc) is 2.83. The molecule has 0 radical (unpaired) electrons. The quantitative estimate of drug-likeness (QED) is 0.310. The first-order valence-corrected chi connectivity index (χ1v) is 12.1. The van der Waals surface area contributed by atoms with Gasteiger partial charge in [0.2, 0.25) is 0 Å². The Hall–Kier alpha value is -2.68. The van der Waals surface area contributed by atoms with Crippen LogP contribution in [0.3, 0.4) is 0 Å². The van der Waals surface area contributed by atoms with Crippen LogP contribution in [-0.4, -0.2) is 69.0 Å². The van der Waals surface area contributed by atoms with Crippen molar-refractivity contribution in [2.45, 2.75) is 38.9 Å². The number of anilines is 1. The predicted octanol–water partition coefficient (Wildman–Crippen LogP) is 2.48. The molecule has 34 heavy (non-hydrogen) atoms. The maximum Gasteiger partial charge on any atom is 0.250 e. The van der Waals surface area contributed by atoms with Crippen LogP contribution in [-0.2, 0) is 16.0 Å². The minimum absolute atomic E-state index is 0.291. The van der Waals surface area contributed by atoms with Crippen molar-refractivity contribution in [2.75, 3.05) is 51.3 Å². The molecule has 0 aliphatic carbocycles. The van der Waals surface area contributed by atoms with E-state index in [1.807, 2.05) is 32.1 Å². The molecule has 0 aromatic heterocycles. The Balaban J connectivity index is 1.68. The number of benzene rings is 1. The molecule has 2 aliphatic rings. The molecule has 0 saturated carbocycles. The van der Waals surface area contributed by atoms with Gasteiger partial charge < -0.3 is 26.4 Å². The van der Waals surface area contributed by atoms with E-state index in [9.17, 15) is 9.18 Å². The summed E-state index contributed by atoms with van der Waals surface area (Å²) in [5.41, 5.74) is 9.53. The number of nitrogens with one attached hydrogen (secondary N) is 3. The number of morpholine rings is 1. The van der Waals surface area contributed by atoms with Gasteiger partial charge in [-0.2, -0.15) is 0 Å². The van der Waals surface area contributed by atoms with Gasteiger partial charge in [0.1, 0.15) is 6.17 Å². The molecule has 8 heteroatoms. The monoisotopic (exact) mass is 471 g/mol. The Bertz CT molecular complexity index is 891. The summed E-state index contributed by atoms with van der Waals surface area (Å²) in [6, 6.07) is 7.97. The molecule has 3 rings (SSSR count). The minimum atomic E-state index is -1.05. The summed E-state index contributed by atoms with van der Waals surface area (Å²) < 4.78 is 19.8. The van der Waals surface area contributed by atoms with E-state index in [-0.39, 0.29) is 6.04 Å². The van der Waals surface area contributed by atoms with Crippen LogP contribution >= 0.6 is 0 Å². The number of carbonyl (C=O) groups is 1. The molecular formula is C26H38FN5O2. The maximum atomic E-state index is 14.4. The second-order valence-corrected chi connectivity index (χ2v) is 8.80. The predicted molar refractivity (Wildman–Crippen MR) is 135 cm³/mol. The second-order valence-electron chi connectivity index (χ2n) is 8.80. The van der Waals surface area contributed by atoms with E-state index in [1.165, 1.54) is 5.56 Å². The van der Waals surface area contributed by atoms with Crippen LogP contribution in [0.5, 0.6) is 0 Å². The maximum absolute atomic E-state index is 14.4. The molecule has 2 saturated heterocycles. The fourth-order valence-electron chi connectivity index (χ4n) is 4.20. The molecule has 7 nitrogen and oxygen atoms in total. The van der Waals surface area contributed by atoms with Crippen LogP contribution in [0.1, 0.15) is 25.8 Å². The van der Waals surface area contributed by atoms with Crippen LogP contribution in [0.15, 0.2) is 59.5 Å². The summed E-state index contributed by atoms with van der Waals surface area (Å²) in [6.07, 6.45) is 5.81.